The van der Waals surface area contributed by atoms with Crippen LogP contribution in [0.25, 0.3) is 17.0 Å². The molecule has 2 aromatic carbocycles. The van der Waals surface area contributed by atoms with E-state index in [1.165, 1.54) is 27.7 Å². The third kappa shape index (κ3) is 1.99. The van der Waals surface area contributed by atoms with Gasteiger partial charge in [0.2, 0.25) is 0 Å². The van der Waals surface area contributed by atoms with Gasteiger partial charge in [0, 0.05) is 23.1 Å². The normalized spacial score (nSPS) is 17.6. The zero-order valence-electron chi connectivity index (χ0n) is 11.9. The van der Waals surface area contributed by atoms with Crippen LogP contribution < -0.4 is 5.32 Å². The molecule has 0 bridgehead atoms. The molecular weight excluding hydrogens is 256 g/mol. The minimum absolute atomic E-state index is 0.250. The number of rotatable bonds is 2. The number of aromatic amines is 1. The fourth-order valence-electron chi connectivity index (χ4n) is 3.29. The Kier molecular flexibility index (Phi) is 2.90. The third-order valence-corrected chi connectivity index (χ3v) is 4.36. The first-order valence-corrected chi connectivity index (χ1v) is 7.42. The molecule has 0 radical (unpaired) electrons. The van der Waals surface area contributed by atoms with Gasteiger partial charge in [-0.15, -0.1) is 0 Å². The molecule has 21 heavy (non-hydrogen) atoms. The second kappa shape index (κ2) is 4.90. The number of nitrogens with one attached hydrogen (secondary N) is 2. The highest BCUT2D eigenvalue weighted by Gasteiger charge is 2.24. The summed E-state index contributed by atoms with van der Waals surface area (Å²) in [6.07, 6.45) is 2.97. The van der Waals surface area contributed by atoms with Crippen molar-refractivity contribution < 1.29 is 0 Å². The molecule has 0 fully saturated rings. The van der Waals surface area contributed by atoms with Crippen molar-refractivity contribution >= 4 is 17.0 Å². The van der Waals surface area contributed by atoms with Crippen LogP contribution in [0.2, 0.25) is 0 Å². The molecule has 1 aromatic heterocycles. The summed E-state index contributed by atoms with van der Waals surface area (Å²) in [5.74, 6) is 0. The van der Waals surface area contributed by atoms with Crippen molar-refractivity contribution in [1.29, 1.82) is 0 Å². The molecule has 1 aliphatic heterocycles. The van der Waals surface area contributed by atoms with Gasteiger partial charge < -0.3 is 10.3 Å². The number of para-hydroxylation sites is 1. The Morgan fingerprint density at radius 1 is 1.05 bits per heavy atom. The van der Waals surface area contributed by atoms with E-state index in [9.17, 15) is 0 Å². The van der Waals surface area contributed by atoms with Crippen LogP contribution in [0.4, 0.5) is 0 Å². The zero-order valence-corrected chi connectivity index (χ0v) is 11.9. The highest BCUT2D eigenvalue weighted by Crippen LogP contribution is 2.33. The van der Waals surface area contributed by atoms with Crippen LogP contribution in [0.15, 0.2) is 55.1 Å². The van der Waals surface area contributed by atoms with Gasteiger partial charge in [0.05, 0.1) is 6.04 Å². The molecule has 0 amide bonds. The summed E-state index contributed by atoms with van der Waals surface area (Å²) in [4.78, 5) is 3.61. The Morgan fingerprint density at radius 3 is 2.67 bits per heavy atom. The molecule has 0 saturated heterocycles. The van der Waals surface area contributed by atoms with Crippen molar-refractivity contribution in [2.24, 2.45) is 0 Å². The van der Waals surface area contributed by atoms with E-state index in [0.717, 1.165) is 18.5 Å². The van der Waals surface area contributed by atoms with Gasteiger partial charge in [-0.2, -0.15) is 0 Å². The van der Waals surface area contributed by atoms with E-state index in [0.29, 0.717) is 0 Å². The molecule has 2 heterocycles. The minimum atomic E-state index is 0.250. The molecule has 1 atom stereocenters. The topological polar surface area (TPSA) is 27.8 Å². The van der Waals surface area contributed by atoms with Crippen LogP contribution in [-0.4, -0.2) is 11.5 Å². The number of benzene rings is 2. The average molecular weight is 274 g/mol. The lowest BCUT2D eigenvalue weighted by Gasteiger charge is -2.25. The first-order valence-electron chi connectivity index (χ1n) is 7.42. The Balaban J connectivity index is 1.83. The summed E-state index contributed by atoms with van der Waals surface area (Å²) in [6, 6.07) is 17.5. The number of H-pyrrole nitrogens is 1. The third-order valence-electron chi connectivity index (χ3n) is 4.36. The summed E-state index contributed by atoms with van der Waals surface area (Å²) in [6.45, 7) is 4.83. The van der Waals surface area contributed by atoms with Crippen LogP contribution >= 0.6 is 0 Å². The van der Waals surface area contributed by atoms with Crippen LogP contribution in [0, 0.1) is 0 Å². The van der Waals surface area contributed by atoms with Crippen LogP contribution in [0.1, 0.15) is 28.4 Å². The maximum atomic E-state index is 3.82. The molecule has 1 aliphatic rings. The SMILES string of the molecule is C=Cc1ccc(C2NCCc3c2[nH]c2ccccc32)cc1. The van der Waals surface area contributed by atoms with Gasteiger partial charge in [-0.05, 0) is 29.2 Å². The number of aromatic nitrogens is 1. The summed E-state index contributed by atoms with van der Waals surface area (Å²) < 4.78 is 0. The number of hydrogen-bond donors (Lipinski definition) is 2. The Hall–Kier alpha value is -2.32. The summed E-state index contributed by atoms with van der Waals surface area (Å²) in [5.41, 5.74) is 6.47. The molecular formula is C19H18N2. The van der Waals surface area contributed by atoms with Crippen molar-refractivity contribution in [3.8, 4) is 0 Å². The number of fused-ring (bicyclic) bond motifs is 3. The smallest absolute Gasteiger partial charge is 0.0732 e. The number of hydrogen-bond acceptors (Lipinski definition) is 1. The molecule has 0 spiro atoms. The van der Waals surface area contributed by atoms with E-state index in [1.54, 1.807) is 0 Å². The van der Waals surface area contributed by atoms with Crippen molar-refractivity contribution in [2.45, 2.75) is 12.5 Å². The quantitative estimate of drug-likeness (QED) is 0.725. The minimum Gasteiger partial charge on any atom is -0.357 e. The second-order valence-corrected chi connectivity index (χ2v) is 5.57. The standard InChI is InChI=1S/C19H18N2/c1-2-13-7-9-14(10-8-13)18-19-16(11-12-20-18)15-5-3-4-6-17(15)21-19/h2-10,18,20-21H,1,11-12H2. The van der Waals surface area contributed by atoms with Gasteiger partial charge in [0.1, 0.15) is 0 Å². The molecule has 1 unspecified atom stereocenters. The predicted molar refractivity (Wildman–Crippen MR) is 88.4 cm³/mol. The Morgan fingerprint density at radius 2 is 1.86 bits per heavy atom. The molecule has 2 N–H and O–H groups in total. The van der Waals surface area contributed by atoms with Gasteiger partial charge in [-0.25, -0.2) is 0 Å². The maximum absolute atomic E-state index is 3.82. The first kappa shape index (κ1) is 12.4. The molecule has 0 aliphatic carbocycles. The van der Waals surface area contributed by atoms with E-state index < -0.39 is 0 Å². The van der Waals surface area contributed by atoms with E-state index in [2.05, 4.69) is 65.4 Å². The lowest BCUT2D eigenvalue weighted by molar-refractivity contribution is 0.560. The van der Waals surface area contributed by atoms with Crippen LogP contribution in [0.5, 0.6) is 0 Å². The highest BCUT2D eigenvalue weighted by atomic mass is 15.0. The molecule has 2 heteroatoms. The molecule has 0 saturated carbocycles. The molecule has 2 nitrogen and oxygen atoms in total. The van der Waals surface area contributed by atoms with Gasteiger partial charge in [-0.3, -0.25) is 0 Å². The second-order valence-electron chi connectivity index (χ2n) is 5.57. The van der Waals surface area contributed by atoms with Crippen molar-refractivity contribution in [1.82, 2.24) is 10.3 Å². The monoisotopic (exact) mass is 274 g/mol. The predicted octanol–water partition coefficient (Wildman–Crippen LogP) is 4.05. The summed E-state index contributed by atoms with van der Waals surface area (Å²) >= 11 is 0. The lowest BCUT2D eigenvalue weighted by Crippen LogP contribution is -2.30. The lowest BCUT2D eigenvalue weighted by atomic mass is 9.94. The fraction of sp³-hybridized carbons (Fsp3) is 0.158. The van der Waals surface area contributed by atoms with Crippen molar-refractivity contribution in [3.05, 3.63) is 77.5 Å². The van der Waals surface area contributed by atoms with Crippen molar-refractivity contribution in [2.75, 3.05) is 6.54 Å². The largest absolute Gasteiger partial charge is 0.357 e. The van der Waals surface area contributed by atoms with Crippen LogP contribution in [0.3, 0.4) is 0 Å². The zero-order chi connectivity index (χ0) is 14.2. The highest BCUT2D eigenvalue weighted by molar-refractivity contribution is 5.85. The molecule has 104 valence electrons. The first-order chi connectivity index (χ1) is 10.4. The van der Waals surface area contributed by atoms with E-state index in [-0.39, 0.29) is 6.04 Å². The Bertz CT molecular complexity index is 796. The Labute approximate surface area is 124 Å². The van der Waals surface area contributed by atoms with Crippen molar-refractivity contribution in [3.63, 3.8) is 0 Å². The van der Waals surface area contributed by atoms with Crippen LogP contribution in [-0.2, 0) is 6.42 Å². The van der Waals surface area contributed by atoms with Gasteiger partial charge in [0.25, 0.3) is 0 Å². The van der Waals surface area contributed by atoms with Gasteiger partial charge >= 0.3 is 0 Å². The average Bonchev–Trinajstić information content (AvgIpc) is 2.94. The van der Waals surface area contributed by atoms with Gasteiger partial charge in [-0.1, -0.05) is 55.1 Å². The maximum Gasteiger partial charge on any atom is 0.0732 e. The van der Waals surface area contributed by atoms with E-state index >= 15 is 0 Å². The van der Waals surface area contributed by atoms with Gasteiger partial charge in [0.15, 0.2) is 0 Å². The molecule has 4 rings (SSSR count). The van der Waals surface area contributed by atoms with E-state index in [4.69, 9.17) is 0 Å². The summed E-state index contributed by atoms with van der Waals surface area (Å²) in [7, 11) is 0. The fourth-order valence-corrected chi connectivity index (χ4v) is 3.29. The van der Waals surface area contributed by atoms with E-state index in [1.807, 2.05) is 6.08 Å². The summed E-state index contributed by atoms with van der Waals surface area (Å²) in [5, 5.41) is 5.00. The molecule has 3 aromatic rings.